The molecule has 1 aliphatic rings. The largest absolute Gasteiger partial charge is 0.494 e. The van der Waals surface area contributed by atoms with E-state index in [1.807, 2.05) is 24.3 Å². The van der Waals surface area contributed by atoms with Crippen molar-refractivity contribution in [1.29, 1.82) is 0 Å². The van der Waals surface area contributed by atoms with E-state index in [9.17, 15) is 0 Å². The van der Waals surface area contributed by atoms with Crippen molar-refractivity contribution in [3.8, 4) is 5.75 Å². The highest BCUT2D eigenvalue weighted by Gasteiger charge is 2.51. The normalized spacial score (nSPS) is 20.8. The average molecular weight is 318 g/mol. The predicted octanol–water partition coefficient (Wildman–Crippen LogP) is 4.05. The third-order valence-corrected chi connectivity index (χ3v) is 4.81. The lowest BCUT2D eigenvalue weighted by Crippen LogP contribution is -2.41. The third-order valence-electron chi connectivity index (χ3n) is 4.81. The molecule has 128 valence electrons. The van der Waals surface area contributed by atoms with E-state index in [4.69, 9.17) is 14.0 Å². The monoisotopic (exact) mass is 318 g/mol. The minimum atomic E-state index is -0.311. The van der Waals surface area contributed by atoms with Gasteiger partial charge in [0.05, 0.1) is 17.8 Å². The summed E-state index contributed by atoms with van der Waals surface area (Å²) in [6, 6.07) is 8.07. The lowest BCUT2D eigenvalue weighted by Gasteiger charge is -2.32. The van der Waals surface area contributed by atoms with Gasteiger partial charge in [-0.05, 0) is 63.5 Å². The number of hydrogen-bond donors (Lipinski definition) is 0. The summed E-state index contributed by atoms with van der Waals surface area (Å²) in [5.41, 5.74) is 0.421. The van der Waals surface area contributed by atoms with Gasteiger partial charge in [-0.25, -0.2) is 0 Å². The zero-order valence-corrected chi connectivity index (χ0v) is 15.7. The zero-order chi connectivity index (χ0) is 17.3. The molecule has 0 saturated carbocycles. The molecule has 1 atom stereocenters. The van der Waals surface area contributed by atoms with Crippen molar-refractivity contribution in [3.63, 3.8) is 0 Å². The summed E-state index contributed by atoms with van der Waals surface area (Å²) < 4.78 is 18.0. The topological polar surface area (TPSA) is 27.7 Å². The number of benzene rings is 1. The van der Waals surface area contributed by atoms with E-state index in [0.717, 1.165) is 17.8 Å². The Morgan fingerprint density at radius 2 is 1.48 bits per heavy atom. The van der Waals surface area contributed by atoms with Crippen LogP contribution in [0.5, 0.6) is 5.75 Å². The molecule has 23 heavy (non-hydrogen) atoms. The zero-order valence-electron chi connectivity index (χ0n) is 15.7. The van der Waals surface area contributed by atoms with Crippen LogP contribution < -0.4 is 10.2 Å². The summed E-state index contributed by atoms with van der Waals surface area (Å²) in [4.78, 5) is 0. The SMILES string of the molecule is CC(C)CC(C)COc1ccc(B2OC(C)(C)C(C)(C)O2)cc1. The minimum Gasteiger partial charge on any atom is -0.493 e. The Morgan fingerprint density at radius 1 is 0.957 bits per heavy atom. The van der Waals surface area contributed by atoms with Crippen LogP contribution in [0.4, 0.5) is 0 Å². The highest BCUT2D eigenvalue weighted by molar-refractivity contribution is 6.62. The molecule has 2 rings (SSSR count). The lowest BCUT2D eigenvalue weighted by atomic mass is 9.79. The van der Waals surface area contributed by atoms with E-state index < -0.39 is 0 Å². The third kappa shape index (κ3) is 4.51. The summed E-state index contributed by atoms with van der Waals surface area (Å²) in [6.07, 6.45) is 1.19. The van der Waals surface area contributed by atoms with Gasteiger partial charge >= 0.3 is 7.12 Å². The van der Waals surface area contributed by atoms with Crippen molar-refractivity contribution in [3.05, 3.63) is 24.3 Å². The Bertz CT molecular complexity index is 492. The quantitative estimate of drug-likeness (QED) is 0.741. The van der Waals surface area contributed by atoms with E-state index in [0.29, 0.717) is 11.8 Å². The van der Waals surface area contributed by atoms with E-state index in [2.05, 4.69) is 48.5 Å². The second-order valence-electron chi connectivity index (χ2n) is 8.20. The highest BCUT2D eigenvalue weighted by atomic mass is 16.7. The summed E-state index contributed by atoms with van der Waals surface area (Å²) in [5.74, 6) is 2.18. The van der Waals surface area contributed by atoms with Crippen molar-refractivity contribution < 1.29 is 14.0 Å². The number of hydrogen-bond acceptors (Lipinski definition) is 3. The Balaban J connectivity index is 1.93. The maximum Gasteiger partial charge on any atom is 0.494 e. The first-order valence-electron chi connectivity index (χ1n) is 8.69. The molecule has 1 unspecified atom stereocenters. The van der Waals surface area contributed by atoms with Crippen molar-refractivity contribution in [1.82, 2.24) is 0 Å². The van der Waals surface area contributed by atoms with Gasteiger partial charge in [0.25, 0.3) is 0 Å². The predicted molar refractivity (Wildman–Crippen MR) is 96.3 cm³/mol. The van der Waals surface area contributed by atoms with Gasteiger partial charge < -0.3 is 14.0 Å². The van der Waals surface area contributed by atoms with Gasteiger partial charge in [-0.2, -0.15) is 0 Å². The van der Waals surface area contributed by atoms with E-state index in [1.165, 1.54) is 6.42 Å². The molecule has 0 aromatic heterocycles. The molecular formula is C19H31BO3. The molecule has 1 fully saturated rings. The Labute approximate surface area is 141 Å². The fraction of sp³-hybridized carbons (Fsp3) is 0.684. The molecule has 4 heteroatoms. The molecule has 0 bridgehead atoms. The highest BCUT2D eigenvalue weighted by Crippen LogP contribution is 2.36. The molecule has 0 N–H and O–H groups in total. The van der Waals surface area contributed by atoms with Crippen LogP contribution in [0.1, 0.15) is 54.9 Å². The summed E-state index contributed by atoms with van der Waals surface area (Å²) in [7, 11) is -0.311. The first-order chi connectivity index (χ1) is 10.6. The first kappa shape index (κ1) is 18.3. The Morgan fingerprint density at radius 3 is 1.96 bits per heavy atom. The van der Waals surface area contributed by atoms with Gasteiger partial charge in [0.1, 0.15) is 5.75 Å². The van der Waals surface area contributed by atoms with Gasteiger partial charge in [0, 0.05) is 0 Å². The number of ether oxygens (including phenoxy) is 1. The van der Waals surface area contributed by atoms with Crippen LogP contribution in [0, 0.1) is 11.8 Å². The molecule has 1 heterocycles. The van der Waals surface area contributed by atoms with E-state index in [-0.39, 0.29) is 18.3 Å². The summed E-state index contributed by atoms with van der Waals surface area (Å²) in [5, 5.41) is 0. The maximum absolute atomic E-state index is 6.07. The standard InChI is InChI=1S/C19H31BO3/c1-14(2)12-15(3)13-21-17-10-8-16(9-11-17)20-22-18(4,5)19(6,7)23-20/h8-11,14-15H,12-13H2,1-7H3. The summed E-state index contributed by atoms with van der Waals surface area (Å²) in [6.45, 7) is 15.8. The van der Waals surface area contributed by atoms with Crippen LogP contribution in [-0.2, 0) is 9.31 Å². The van der Waals surface area contributed by atoms with Crippen molar-refractivity contribution in [2.45, 2.75) is 66.1 Å². The lowest BCUT2D eigenvalue weighted by molar-refractivity contribution is 0.00578. The fourth-order valence-corrected chi connectivity index (χ4v) is 2.81. The molecule has 3 nitrogen and oxygen atoms in total. The first-order valence-corrected chi connectivity index (χ1v) is 8.69. The second kappa shape index (κ2) is 6.86. The van der Waals surface area contributed by atoms with Crippen LogP contribution >= 0.6 is 0 Å². The Kier molecular flexibility index (Phi) is 5.47. The molecule has 0 radical (unpaired) electrons. The van der Waals surface area contributed by atoms with Crippen LogP contribution in [0.15, 0.2) is 24.3 Å². The van der Waals surface area contributed by atoms with Crippen molar-refractivity contribution in [2.75, 3.05) is 6.61 Å². The fourth-order valence-electron chi connectivity index (χ4n) is 2.81. The second-order valence-corrected chi connectivity index (χ2v) is 8.20. The molecule has 1 aromatic rings. The molecule has 0 aliphatic carbocycles. The summed E-state index contributed by atoms with van der Waals surface area (Å²) >= 11 is 0. The molecular weight excluding hydrogens is 287 g/mol. The van der Waals surface area contributed by atoms with Crippen LogP contribution in [-0.4, -0.2) is 24.9 Å². The van der Waals surface area contributed by atoms with Gasteiger partial charge in [-0.15, -0.1) is 0 Å². The van der Waals surface area contributed by atoms with Crippen LogP contribution in [0.25, 0.3) is 0 Å². The maximum atomic E-state index is 6.07. The van der Waals surface area contributed by atoms with Crippen molar-refractivity contribution in [2.24, 2.45) is 11.8 Å². The molecule has 0 amide bonds. The smallest absolute Gasteiger partial charge is 0.493 e. The van der Waals surface area contributed by atoms with Gasteiger partial charge in [-0.3, -0.25) is 0 Å². The van der Waals surface area contributed by atoms with Crippen molar-refractivity contribution >= 4 is 12.6 Å². The minimum absolute atomic E-state index is 0.306. The molecule has 0 spiro atoms. The molecule has 1 aliphatic heterocycles. The van der Waals surface area contributed by atoms with E-state index in [1.54, 1.807) is 0 Å². The van der Waals surface area contributed by atoms with Gasteiger partial charge in [0.2, 0.25) is 0 Å². The molecule has 1 aromatic carbocycles. The van der Waals surface area contributed by atoms with Crippen LogP contribution in [0.2, 0.25) is 0 Å². The van der Waals surface area contributed by atoms with Gasteiger partial charge in [-0.1, -0.05) is 32.9 Å². The van der Waals surface area contributed by atoms with E-state index >= 15 is 0 Å². The van der Waals surface area contributed by atoms with Gasteiger partial charge in [0.15, 0.2) is 0 Å². The van der Waals surface area contributed by atoms with Crippen LogP contribution in [0.3, 0.4) is 0 Å². The Hall–Kier alpha value is -0.995. The molecule has 1 saturated heterocycles. The average Bonchev–Trinajstić information content (AvgIpc) is 2.65. The number of rotatable bonds is 6.